The van der Waals surface area contributed by atoms with Crippen LogP contribution >= 0.6 is 11.6 Å². The molecule has 142 valence electrons. The van der Waals surface area contributed by atoms with E-state index in [1.165, 1.54) is 6.20 Å². The number of halogens is 4. The van der Waals surface area contributed by atoms with Crippen molar-refractivity contribution in [2.75, 3.05) is 0 Å². The molecular formula is C15H11ClF3N5O2S. The summed E-state index contributed by atoms with van der Waals surface area (Å²) in [6.07, 6.45) is -0.335. The maximum Gasteiger partial charge on any atom is 0.417 e. The number of hydrogen-bond donors (Lipinski definition) is 1. The van der Waals surface area contributed by atoms with E-state index >= 15 is 0 Å². The van der Waals surface area contributed by atoms with E-state index < -0.39 is 21.8 Å². The Kier molecular flexibility index (Phi) is 5.18. The number of aromatic nitrogens is 4. The number of nitrogens with one attached hydrogen (secondary N) is 1. The molecule has 3 rings (SSSR count). The van der Waals surface area contributed by atoms with Gasteiger partial charge in [-0.2, -0.15) is 18.3 Å². The van der Waals surface area contributed by atoms with E-state index in [1.54, 1.807) is 18.2 Å². The minimum atomic E-state index is -4.59. The molecule has 0 fully saturated rings. The molecule has 0 amide bonds. The van der Waals surface area contributed by atoms with E-state index in [9.17, 15) is 21.6 Å². The van der Waals surface area contributed by atoms with Gasteiger partial charge in [0.2, 0.25) is 10.0 Å². The van der Waals surface area contributed by atoms with Gasteiger partial charge in [0.05, 0.1) is 35.2 Å². The summed E-state index contributed by atoms with van der Waals surface area (Å²) in [6.45, 7) is -0.0341. The summed E-state index contributed by atoms with van der Waals surface area (Å²) in [7, 11) is -3.91. The standard InChI is InChI=1S/C15H11ClF3N5O2S/c16-13-5-10(15(17,18)19)6-21-14(13)24-9-12(8-22-24)27(25,26)23-7-11-3-1-2-4-20-11/h1-6,8-9,23H,7H2. The van der Waals surface area contributed by atoms with Crippen LogP contribution in [0.4, 0.5) is 13.2 Å². The highest BCUT2D eigenvalue weighted by Gasteiger charge is 2.32. The quantitative estimate of drug-likeness (QED) is 0.689. The van der Waals surface area contributed by atoms with Gasteiger partial charge in [-0.25, -0.2) is 22.8 Å². The Hall–Kier alpha value is -2.50. The van der Waals surface area contributed by atoms with E-state index in [1.807, 2.05) is 0 Å². The van der Waals surface area contributed by atoms with Gasteiger partial charge in [0, 0.05) is 12.4 Å². The summed E-state index contributed by atoms with van der Waals surface area (Å²) < 4.78 is 66.0. The predicted molar refractivity (Wildman–Crippen MR) is 89.6 cm³/mol. The van der Waals surface area contributed by atoms with Gasteiger partial charge in [0.25, 0.3) is 0 Å². The zero-order valence-corrected chi connectivity index (χ0v) is 14.9. The first-order valence-electron chi connectivity index (χ1n) is 7.34. The Morgan fingerprint density at radius 3 is 2.59 bits per heavy atom. The molecule has 0 aliphatic carbocycles. The van der Waals surface area contributed by atoms with Crippen LogP contribution in [0, 0.1) is 0 Å². The Labute approximate surface area is 156 Å². The van der Waals surface area contributed by atoms with E-state index in [2.05, 4.69) is 19.8 Å². The average molecular weight is 418 g/mol. The molecule has 3 aromatic heterocycles. The third kappa shape index (κ3) is 4.43. The molecule has 0 aromatic carbocycles. The SMILES string of the molecule is O=S(=O)(NCc1ccccn1)c1cnn(-c2ncc(C(F)(F)F)cc2Cl)c1. The van der Waals surface area contributed by atoms with Crippen LogP contribution < -0.4 is 4.72 Å². The number of alkyl halides is 3. The van der Waals surface area contributed by atoms with Crippen molar-refractivity contribution >= 4 is 21.6 Å². The molecule has 3 heterocycles. The van der Waals surface area contributed by atoms with E-state index in [0.29, 0.717) is 18.0 Å². The third-order valence-corrected chi connectivity index (χ3v) is 5.04. The zero-order chi connectivity index (χ0) is 19.7. The Bertz CT molecular complexity index is 1050. The lowest BCUT2D eigenvalue weighted by Gasteiger charge is -2.08. The lowest BCUT2D eigenvalue weighted by Crippen LogP contribution is -2.23. The highest BCUT2D eigenvalue weighted by molar-refractivity contribution is 7.89. The Morgan fingerprint density at radius 1 is 1.19 bits per heavy atom. The molecule has 27 heavy (non-hydrogen) atoms. The summed E-state index contributed by atoms with van der Waals surface area (Å²) in [4.78, 5) is 7.43. The van der Waals surface area contributed by atoms with Gasteiger partial charge in [0.1, 0.15) is 4.90 Å². The average Bonchev–Trinajstić information content (AvgIpc) is 3.11. The maximum absolute atomic E-state index is 12.7. The molecule has 12 heteroatoms. The maximum atomic E-state index is 12.7. The van der Waals surface area contributed by atoms with Gasteiger partial charge >= 0.3 is 6.18 Å². The topological polar surface area (TPSA) is 89.8 Å². The molecule has 0 aliphatic heterocycles. The molecule has 0 saturated carbocycles. The fourth-order valence-electron chi connectivity index (χ4n) is 2.07. The minimum absolute atomic E-state index is 0.0341. The largest absolute Gasteiger partial charge is 0.417 e. The van der Waals surface area contributed by atoms with Crippen molar-refractivity contribution in [3.8, 4) is 5.82 Å². The lowest BCUT2D eigenvalue weighted by atomic mass is 10.3. The fraction of sp³-hybridized carbons (Fsp3) is 0.133. The van der Waals surface area contributed by atoms with Gasteiger partial charge in [-0.1, -0.05) is 17.7 Å². The first-order valence-corrected chi connectivity index (χ1v) is 9.20. The van der Waals surface area contributed by atoms with Crippen LogP contribution in [-0.4, -0.2) is 28.2 Å². The van der Waals surface area contributed by atoms with Crippen LogP contribution in [0.5, 0.6) is 0 Å². The van der Waals surface area contributed by atoms with Gasteiger partial charge in [-0.15, -0.1) is 0 Å². The van der Waals surface area contributed by atoms with Crippen molar-refractivity contribution in [3.63, 3.8) is 0 Å². The third-order valence-electron chi connectivity index (χ3n) is 3.40. The molecule has 0 unspecified atom stereocenters. The number of nitrogens with zero attached hydrogens (tertiary/aromatic N) is 4. The molecule has 0 radical (unpaired) electrons. The van der Waals surface area contributed by atoms with Gasteiger partial charge < -0.3 is 0 Å². The van der Waals surface area contributed by atoms with Crippen molar-refractivity contribution in [3.05, 3.63) is 65.3 Å². The van der Waals surface area contributed by atoms with Crippen LogP contribution in [0.1, 0.15) is 11.3 Å². The van der Waals surface area contributed by atoms with Crippen molar-refractivity contribution in [2.24, 2.45) is 0 Å². The minimum Gasteiger partial charge on any atom is -0.260 e. The first-order chi connectivity index (χ1) is 12.7. The molecule has 0 atom stereocenters. The second kappa shape index (κ2) is 7.25. The van der Waals surface area contributed by atoms with E-state index in [-0.39, 0.29) is 22.3 Å². The highest BCUT2D eigenvalue weighted by Crippen LogP contribution is 2.31. The van der Waals surface area contributed by atoms with Crippen molar-refractivity contribution in [1.29, 1.82) is 0 Å². The summed E-state index contributed by atoms with van der Waals surface area (Å²) in [5.74, 6) is -0.129. The van der Waals surface area contributed by atoms with E-state index in [4.69, 9.17) is 11.6 Å². The van der Waals surface area contributed by atoms with Crippen LogP contribution in [-0.2, 0) is 22.7 Å². The Morgan fingerprint density at radius 2 is 1.96 bits per heavy atom. The molecule has 0 saturated heterocycles. The first kappa shape index (κ1) is 19.3. The number of sulfonamides is 1. The fourth-order valence-corrected chi connectivity index (χ4v) is 3.25. The summed E-state index contributed by atoms with van der Waals surface area (Å²) in [5.41, 5.74) is -0.505. The number of hydrogen-bond acceptors (Lipinski definition) is 5. The van der Waals surface area contributed by atoms with Crippen LogP contribution in [0.25, 0.3) is 5.82 Å². The van der Waals surface area contributed by atoms with Crippen molar-refractivity contribution in [1.82, 2.24) is 24.5 Å². The van der Waals surface area contributed by atoms with Crippen molar-refractivity contribution < 1.29 is 21.6 Å². The summed E-state index contributed by atoms with van der Waals surface area (Å²) in [6, 6.07) is 5.76. The van der Waals surface area contributed by atoms with Crippen LogP contribution in [0.2, 0.25) is 5.02 Å². The molecule has 0 bridgehead atoms. The summed E-state index contributed by atoms with van der Waals surface area (Å²) in [5, 5.41) is 3.49. The molecule has 7 nitrogen and oxygen atoms in total. The zero-order valence-electron chi connectivity index (χ0n) is 13.4. The van der Waals surface area contributed by atoms with Gasteiger partial charge in [0.15, 0.2) is 5.82 Å². The number of pyridine rings is 2. The van der Waals surface area contributed by atoms with Crippen LogP contribution in [0.3, 0.4) is 0 Å². The number of rotatable bonds is 5. The van der Waals surface area contributed by atoms with E-state index in [0.717, 1.165) is 17.1 Å². The van der Waals surface area contributed by atoms with Gasteiger partial charge in [-0.3, -0.25) is 4.98 Å². The summed E-state index contributed by atoms with van der Waals surface area (Å²) >= 11 is 5.84. The normalized spacial score (nSPS) is 12.3. The van der Waals surface area contributed by atoms with Crippen molar-refractivity contribution in [2.45, 2.75) is 17.6 Å². The smallest absolute Gasteiger partial charge is 0.260 e. The predicted octanol–water partition coefficient (Wildman–Crippen LogP) is 2.81. The molecule has 1 N–H and O–H groups in total. The highest BCUT2D eigenvalue weighted by atomic mass is 35.5. The Balaban J connectivity index is 1.82. The molecular weight excluding hydrogens is 407 g/mol. The second-order valence-corrected chi connectivity index (χ2v) is 7.47. The lowest BCUT2D eigenvalue weighted by molar-refractivity contribution is -0.137. The molecule has 0 spiro atoms. The second-order valence-electron chi connectivity index (χ2n) is 5.29. The molecule has 3 aromatic rings. The monoisotopic (exact) mass is 417 g/mol. The molecule has 0 aliphatic rings. The van der Waals surface area contributed by atoms with Crippen LogP contribution in [0.15, 0.2) is 53.9 Å². The van der Waals surface area contributed by atoms with Gasteiger partial charge in [-0.05, 0) is 18.2 Å².